The van der Waals surface area contributed by atoms with Gasteiger partial charge in [0.2, 0.25) is 0 Å². The van der Waals surface area contributed by atoms with Gasteiger partial charge in [0.1, 0.15) is 16.7 Å². The molecule has 6 rings (SSSR count). The van der Waals surface area contributed by atoms with Gasteiger partial charge in [-0.3, -0.25) is 19.7 Å². The van der Waals surface area contributed by atoms with Crippen LogP contribution in [0.1, 0.15) is 5.69 Å². The lowest BCUT2D eigenvalue weighted by Gasteiger charge is -2.00. The molecule has 0 unspecified atom stereocenters. The van der Waals surface area contributed by atoms with E-state index < -0.39 is 0 Å². The van der Waals surface area contributed by atoms with Crippen LogP contribution in [-0.2, 0) is 13.7 Å². The van der Waals surface area contributed by atoms with Crippen molar-refractivity contribution in [1.29, 1.82) is 0 Å². The fourth-order valence-corrected chi connectivity index (χ4v) is 3.82. The van der Waals surface area contributed by atoms with Crippen LogP contribution in [0.2, 0.25) is 0 Å². The lowest BCUT2D eigenvalue weighted by atomic mass is 10.1. The summed E-state index contributed by atoms with van der Waals surface area (Å²) in [5, 5.41) is 21.4. The predicted octanol–water partition coefficient (Wildman–Crippen LogP) is 2.85. The molecule has 0 saturated carbocycles. The number of hydrogen-bond donors (Lipinski definition) is 3. The van der Waals surface area contributed by atoms with Crippen molar-refractivity contribution in [2.45, 2.75) is 6.61 Å². The average Bonchev–Trinajstić information content (AvgIpc) is 3.54. The second-order valence-electron chi connectivity index (χ2n) is 7.34. The Morgan fingerprint density at radius 3 is 2.66 bits per heavy atom. The van der Waals surface area contributed by atoms with Crippen LogP contribution in [0.4, 0.5) is 0 Å². The minimum atomic E-state index is -0.166. The first-order valence-electron chi connectivity index (χ1n) is 9.96. The number of pyridine rings is 3. The van der Waals surface area contributed by atoms with Gasteiger partial charge in [-0.15, -0.1) is 0 Å². The number of aromatic amines is 2. The highest BCUT2D eigenvalue weighted by Gasteiger charge is 2.18. The van der Waals surface area contributed by atoms with Gasteiger partial charge in [-0.1, -0.05) is 6.07 Å². The Kier molecular flexibility index (Phi) is 4.05. The Labute approximate surface area is 181 Å². The normalized spacial score (nSPS) is 11.6. The molecule has 10 heteroatoms. The largest absolute Gasteiger partial charge is 0.390 e. The summed E-state index contributed by atoms with van der Waals surface area (Å²) in [6.07, 6.45) is 5.30. The quantitative estimate of drug-likeness (QED) is 0.397. The van der Waals surface area contributed by atoms with E-state index in [-0.39, 0.29) is 6.61 Å². The molecule has 0 aromatic carbocycles. The van der Waals surface area contributed by atoms with Crippen LogP contribution in [0.5, 0.6) is 0 Å². The topological polar surface area (TPSA) is 134 Å². The Balaban J connectivity index is 1.51. The predicted molar refractivity (Wildman–Crippen MR) is 118 cm³/mol. The number of aliphatic hydroxyl groups excluding tert-OH is 1. The number of aliphatic hydroxyl groups is 1. The molecule has 10 nitrogen and oxygen atoms in total. The first-order valence-corrected chi connectivity index (χ1v) is 9.96. The summed E-state index contributed by atoms with van der Waals surface area (Å²) in [5.74, 6) is 0.578. The highest BCUT2D eigenvalue weighted by atomic mass is 16.3. The Bertz CT molecular complexity index is 1580. The molecule has 0 atom stereocenters. The number of nitrogens with zero attached hydrogens (tertiary/aromatic N) is 7. The van der Waals surface area contributed by atoms with Gasteiger partial charge in [0.25, 0.3) is 0 Å². The Morgan fingerprint density at radius 1 is 0.906 bits per heavy atom. The van der Waals surface area contributed by atoms with E-state index in [4.69, 9.17) is 9.97 Å². The van der Waals surface area contributed by atoms with Gasteiger partial charge in [-0.25, -0.2) is 9.97 Å². The van der Waals surface area contributed by atoms with Gasteiger partial charge < -0.3 is 10.1 Å². The van der Waals surface area contributed by atoms with Crippen molar-refractivity contribution in [2.24, 2.45) is 7.05 Å². The number of H-pyrrole nitrogens is 2. The molecule has 32 heavy (non-hydrogen) atoms. The van der Waals surface area contributed by atoms with Crippen LogP contribution in [0.15, 0.2) is 55.0 Å². The summed E-state index contributed by atoms with van der Waals surface area (Å²) < 4.78 is 1.66. The maximum Gasteiger partial charge on any atom is 0.161 e. The second-order valence-corrected chi connectivity index (χ2v) is 7.34. The SMILES string of the molecule is Cn1cc(-c2ccc3[nH]nc(-c4nc5c(-c6ccccn6)nccc5[nH]4)c3n2)c(CO)n1. The molecule has 0 amide bonds. The van der Waals surface area contributed by atoms with Crippen LogP contribution in [0.3, 0.4) is 0 Å². The molecule has 0 bridgehead atoms. The number of nitrogens with one attached hydrogen (secondary N) is 2. The number of aromatic nitrogens is 9. The van der Waals surface area contributed by atoms with Gasteiger partial charge >= 0.3 is 0 Å². The third-order valence-electron chi connectivity index (χ3n) is 5.27. The molecule has 0 spiro atoms. The third kappa shape index (κ3) is 2.85. The van der Waals surface area contributed by atoms with Crippen molar-refractivity contribution in [2.75, 3.05) is 0 Å². The van der Waals surface area contributed by atoms with E-state index in [1.165, 1.54) is 0 Å². The smallest absolute Gasteiger partial charge is 0.161 e. The monoisotopic (exact) mass is 423 g/mol. The van der Waals surface area contributed by atoms with Crippen molar-refractivity contribution in [3.8, 4) is 34.2 Å². The molecule has 6 heterocycles. The molecule has 6 aromatic rings. The van der Waals surface area contributed by atoms with Crippen molar-refractivity contribution in [3.63, 3.8) is 0 Å². The van der Waals surface area contributed by atoms with Gasteiger partial charge in [-0.2, -0.15) is 10.2 Å². The van der Waals surface area contributed by atoms with Crippen molar-refractivity contribution in [1.82, 2.24) is 44.9 Å². The van der Waals surface area contributed by atoms with Gasteiger partial charge in [-0.05, 0) is 30.3 Å². The standard InChI is InChI=1S/C22H17N9O/c1-31-10-12(17(11-32)30-31)13-5-6-16-20(25-13)21(29-28-16)22-26-15-7-9-24-18(19(15)27-22)14-4-2-3-8-23-14/h2-10,32H,11H2,1H3,(H,26,27)(H,28,29). The molecule has 6 aromatic heterocycles. The van der Waals surface area contributed by atoms with E-state index in [0.717, 1.165) is 22.3 Å². The van der Waals surface area contributed by atoms with Gasteiger partial charge in [0, 0.05) is 31.2 Å². The maximum atomic E-state index is 9.65. The number of imidazole rings is 1. The summed E-state index contributed by atoms with van der Waals surface area (Å²) in [7, 11) is 1.81. The second kappa shape index (κ2) is 7.06. The summed E-state index contributed by atoms with van der Waals surface area (Å²) in [6, 6.07) is 11.3. The fourth-order valence-electron chi connectivity index (χ4n) is 3.82. The molecule has 156 valence electrons. The summed E-state index contributed by atoms with van der Waals surface area (Å²) in [4.78, 5) is 21.8. The van der Waals surface area contributed by atoms with E-state index >= 15 is 0 Å². The molecule has 0 saturated heterocycles. The zero-order valence-electron chi connectivity index (χ0n) is 17.0. The molecular weight excluding hydrogens is 406 g/mol. The zero-order valence-corrected chi connectivity index (χ0v) is 17.0. The number of rotatable bonds is 4. The van der Waals surface area contributed by atoms with Crippen LogP contribution in [0.25, 0.3) is 56.2 Å². The highest BCUT2D eigenvalue weighted by Crippen LogP contribution is 2.30. The summed E-state index contributed by atoms with van der Waals surface area (Å²) >= 11 is 0. The number of aryl methyl sites for hydroxylation is 1. The van der Waals surface area contributed by atoms with Crippen molar-refractivity contribution >= 4 is 22.1 Å². The molecule has 0 aliphatic carbocycles. The zero-order chi connectivity index (χ0) is 21.7. The molecule has 0 fully saturated rings. The number of fused-ring (bicyclic) bond motifs is 2. The minimum absolute atomic E-state index is 0.166. The Morgan fingerprint density at radius 2 is 1.81 bits per heavy atom. The van der Waals surface area contributed by atoms with Crippen LogP contribution < -0.4 is 0 Å². The van der Waals surface area contributed by atoms with Crippen molar-refractivity contribution < 1.29 is 5.11 Å². The first kappa shape index (κ1) is 18.3. The lowest BCUT2D eigenvalue weighted by Crippen LogP contribution is -1.92. The van der Waals surface area contributed by atoms with E-state index in [2.05, 4.69) is 30.2 Å². The molecule has 0 aliphatic rings. The molecule has 0 aliphatic heterocycles. The third-order valence-corrected chi connectivity index (χ3v) is 5.27. The molecule has 0 radical (unpaired) electrons. The van der Waals surface area contributed by atoms with Crippen molar-refractivity contribution in [3.05, 3.63) is 60.7 Å². The fraction of sp³-hybridized carbons (Fsp3) is 0.0909. The maximum absolute atomic E-state index is 9.65. The van der Waals surface area contributed by atoms with E-state index in [0.29, 0.717) is 39.6 Å². The average molecular weight is 423 g/mol. The van der Waals surface area contributed by atoms with Crippen LogP contribution in [-0.4, -0.2) is 50.0 Å². The van der Waals surface area contributed by atoms with E-state index in [1.807, 2.05) is 49.6 Å². The number of hydrogen-bond acceptors (Lipinski definition) is 7. The van der Waals surface area contributed by atoms with E-state index in [1.54, 1.807) is 17.1 Å². The molecule has 3 N–H and O–H groups in total. The van der Waals surface area contributed by atoms with Crippen LogP contribution >= 0.6 is 0 Å². The highest BCUT2D eigenvalue weighted by molar-refractivity contribution is 5.94. The minimum Gasteiger partial charge on any atom is -0.390 e. The van der Waals surface area contributed by atoms with Crippen LogP contribution in [0, 0.1) is 0 Å². The van der Waals surface area contributed by atoms with Gasteiger partial charge in [0.05, 0.1) is 34.7 Å². The Hall–Kier alpha value is -4.44. The van der Waals surface area contributed by atoms with Gasteiger partial charge in [0.15, 0.2) is 11.5 Å². The molecular formula is C22H17N9O. The lowest BCUT2D eigenvalue weighted by molar-refractivity contribution is 0.276. The first-order chi connectivity index (χ1) is 15.7. The van der Waals surface area contributed by atoms with E-state index in [9.17, 15) is 5.11 Å². The summed E-state index contributed by atoms with van der Waals surface area (Å²) in [5.41, 5.74) is 7.07. The summed E-state index contributed by atoms with van der Waals surface area (Å²) in [6.45, 7) is -0.166.